The zero-order valence-electron chi connectivity index (χ0n) is 12.7. The zero-order chi connectivity index (χ0) is 15.9. The summed E-state index contributed by atoms with van der Waals surface area (Å²) in [6, 6.07) is 12.6. The lowest BCUT2D eigenvalue weighted by molar-refractivity contribution is 0.785. The molecule has 0 atom stereocenters. The molecule has 0 spiro atoms. The van der Waals surface area contributed by atoms with Gasteiger partial charge in [-0.1, -0.05) is 17.8 Å². The first-order valence-corrected chi connectivity index (χ1v) is 8.47. The standard InChI is InChI=1S/C18H13N5S/c1-2-13-5-6-20-17(13)23(9-1)11-12-3-4-15-14(10-12)22-16-18(24-15)21-8-7-19-16/h1-10H,11H2,(H,19,22). The number of hydrogen-bond donors (Lipinski definition) is 1. The van der Waals surface area contributed by atoms with E-state index in [2.05, 4.69) is 61.4 Å². The molecule has 0 bridgehead atoms. The van der Waals surface area contributed by atoms with Crippen molar-refractivity contribution in [3.8, 4) is 11.4 Å². The maximum Gasteiger partial charge on any atom is 0.163 e. The van der Waals surface area contributed by atoms with Gasteiger partial charge in [-0.05, 0) is 35.9 Å². The second-order valence-corrected chi connectivity index (χ2v) is 6.66. The van der Waals surface area contributed by atoms with Crippen LogP contribution in [0.1, 0.15) is 5.56 Å². The topological polar surface area (TPSA) is 55.6 Å². The van der Waals surface area contributed by atoms with Gasteiger partial charge in [-0.25, -0.2) is 15.0 Å². The molecule has 1 aromatic carbocycles. The first-order chi connectivity index (χ1) is 11.9. The summed E-state index contributed by atoms with van der Waals surface area (Å²) < 4.78 is 2.17. The van der Waals surface area contributed by atoms with E-state index in [1.54, 1.807) is 24.2 Å². The number of hydrogen-bond acceptors (Lipinski definition) is 5. The molecule has 116 valence electrons. The zero-order valence-corrected chi connectivity index (χ0v) is 13.5. The van der Waals surface area contributed by atoms with Crippen LogP contribution in [0.3, 0.4) is 0 Å². The maximum absolute atomic E-state index is 4.46. The quantitative estimate of drug-likeness (QED) is 0.529. The molecule has 24 heavy (non-hydrogen) atoms. The van der Waals surface area contributed by atoms with Gasteiger partial charge in [0.15, 0.2) is 5.82 Å². The number of aromatic nitrogens is 4. The fourth-order valence-electron chi connectivity index (χ4n) is 2.93. The highest BCUT2D eigenvalue weighted by Crippen LogP contribution is 2.42. The molecule has 0 saturated carbocycles. The number of anilines is 2. The highest BCUT2D eigenvalue weighted by atomic mass is 32.2. The normalized spacial score (nSPS) is 12.5. The van der Waals surface area contributed by atoms with Gasteiger partial charge in [0.1, 0.15) is 10.9 Å². The lowest BCUT2D eigenvalue weighted by atomic mass is 10.1. The van der Waals surface area contributed by atoms with Crippen molar-refractivity contribution in [1.82, 2.24) is 19.5 Å². The van der Waals surface area contributed by atoms with Crippen molar-refractivity contribution in [3.63, 3.8) is 0 Å². The van der Waals surface area contributed by atoms with E-state index in [1.807, 2.05) is 12.3 Å². The Bertz CT molecular complexity index is 1010. The summed E-state index contributed by atoms with van der Waals surface area (Å²) in [4.78, 5) is 14.3. The molecular formula is C18H13N5S. The first-order valence-electron chi connectivity index (χ1n) is 7.65. The third-order valence-corrected chi connectivity index (χ3v) is 5.11. The van der Waals surface area contributed by atoms with Crippen LogP contribution in [0.4, 0.5) is 11.5 Å². The van der Waals surface area contributed by atoms with Gasteiger partial charge in [0.2, 0.25) is 0 Å². The van der Waals surface area contributed by atoms with Crippen molar-refractivity contribution < 1.29 is 0 Å². The second-order valence-electron chi connectivity index (χ2n) is 5.63. The predicted molar refractivity (Wildman–Crippen MR) is 93.8 cm³/mol. The van der Waals surface area contributed by atoms with Crippen LogP contribution in [0, 0.1) is 0 Å². The van der Waals surface area contributed by atoms with E-state index in [1.165, 1.54) is 10.5 Å². The summed E-state index contributed by atoms with van der Waals surface area (Å²) in [6.45, 7) is 0.779. The molecule has 4 heterocycles. The minimum absolute atomic E-state index is 0.779. The largest absolute Gasteiger partial charge is 0.337 e. The highest BCUT2D eigenvalue weighted by Gasteiger charge is 2.18. The third-order valence-electron chi connectivity index (χ3n) is 4.04. The van der Waals surface area contributed by atoms with E-state index in [9.17, 15) is 0 Å². The summed E-state index contributed by atoms with van der Waals surface area (Å²) >= 11 is 1.65. The van der Waals surface area contributed by atoms with Gasteiger partial charge in [0, 0.05) is 41.8 Å². The first kappa shape index (κ1) is 13.6. The van der Waals surface area contributed by atoms with E-state index >= 15 is 0 Å². The molecule has 5 rings (SSSR count). The van der Waals surface area contributed by atoms with Gasteiger partial charge in [-0.15, -0.1) is 0 Å². The van der Waals surface area contributed by atoms with Crippen molar-refractivity contribution in [2.24, 2.45) is 0 Å². The predicted octanol–water partition coefficient (Wildman–Crippen LogP) is 4.03. The Morgan fingerprint density at radius 2 is 1.96 bits per heavy atom. The van der Waals surface area contributed by atoms with Crippen LogP contribution in [0.15, 0.2) is 71.1 Å². The number of nitrogens with zero attached hydrogens (tertiary/aromatic N) is 4. The lowest BCUT2D eigenvalue weighted by Crippen LogP contribution is -2.07. The molecule has 0 fully saturated rings. The van der Waals surface area contributed by atoms with Crippen molar-refractivity contribution in [3.05, 3.63) is 66.7 Å². The van der Waals surface area contributed by atoms with Crippen LogP contribution in [-0.4, -0.2) is 19.5 Å². The van der Waals surface area contributed by atoms with Crippen LogP contribution in [0.5, 0.6) is 0 Å². The van der Waals surface area contributed by atoms with E-state index < -0.39 is 0 Å². The molecule has 3 aliphatic heterocycles. The van der Waals surface area contributed by atoms with Gasteiger partial charge >= 0.3 is 0 Å². The van der Waals surface area contributed by atoms with Crippen LogP contribution in [0.2, 0.25) is 0 Å². The van der Waals surface area contributed by atoms with Crippen LogP contribution in [0.25, 0.3) is 11.4 Å². The Kier molecular flexibility index (Phi) is 3.02. The fraction of sp³-hybridized carbons (Fsp3) is 0.0556. The minimum Gasteiger partial charge on any atom is -0.337 e. The maximum atomic E-state index is 4.46. The van der Waals surface area contributed by atoms with Crippen LogP contribution in [-0.2, 0) is 6.54 Å². The number of fused-ring (bicyclic) bond motifs is 3. The van der Waals surface area contributed by atoms with Gasteiger partial charge in [0.25, 0.3) is 0 Å². The Morgan fingerprint density at radius 1 is 1.00 bits per heavy atom. The molecule has 0 aliphatic carbocycles. The molecule has 0 radical (unpaired) electrons. The molecule has 1 N–H and O–H groups in total. The molecule has 1 aromatic heterocycles. The summed E-state index contributed by atoms with van der Waals surface area (Å²) in [5.41, 5.74) is 3.46. The Balaban J connectivity index is 1.48. The van der Waals surface area contributed by atoms with Crippen molar-refractivity contribution in [2.45, 2.75) is 16.5 Å². The monoisotopic (exact) mass is 331 g/mol. The number of nitrogens with one attached hydrogen (secondary N) is 1. The molecule has 0 unspecified atom stereocenters. The van der Waals surface area contributed by atoms with Crippen LogP contribution < -0.4 is 5.32 Å². The summed E-state index contributed by atoms with van der Waals surface area (Å²) in [7, 11) is 0. The molecule has 2 aromatic rings. The molecule has 5 nitrogen and oxygen atoms in total. The smallest absolute Gasteiger partial charge is 0.163 e. The van der Waals surface area contributed by atoms with Crippen molar-refractivity contribution in [2.75, 3.05) is 5.32 Å². The van der Waals surface area contributed by atoms with Gasteiger partial charge in [-0.2, -0.15) is 0 Å². The van der Waals surface area contributed by atoms with Gasteiger partial charge in [0.05, 0.1) is 5.69 Å². The summed E-state index contributed by atoms with van der Waals surface area (Å²) in [6.07, 6.45) is 7.34. The Morgan fingerprint density at radius 3 is 2.96 bits per heavy atom. The van der Waals surface area contributed by atoms with Crippen LogP contribution >= 0.6 is 11.8 Å². The summed E-state index contributed by atoms with van der Waals surface area (Å²) in [5.74, 6) is 1.83. The van der Waals surface area contributed by atoms with Gasteiger partial charge in [-0.3, -0.25) is 0 Å². The number of pyridine rings is 1. The Labute approximate surface area is 143 Å². The minimum atomic E-state index is 0.779. The molecule has 0 saturated heterocycles. The van der Waals surface area contributed by atoms with Gasteiger partial charge < -0.3 is 9.88 Å². The number of rotatable bonds is 2. The molecule has 3 aliphatic rings. The molecule has 6 heteroatoms. The Hall–Kier alpha value is -2.86. The van der Waals surface area contributed by atoms with E-state index in [4.69, 9.17) is 0 Å². The summed E-state index contributed by atoms with van der Waals surface area (Å²) in [5, 5.41) is 4.29. The van der Waals surface area contributed by atoms with Crippen molar-refractivity contribution in [1.29, 1.82) is 0 Å². The third kappa shape index (κ3) is 2.23. The molecular weight excluding hydrogens is 318 g/mol. The van der Waals surface area contributed by atoms with Crippen molar-refractivity contribution >= 4 is 23.3 Å². The average Bonchev–Trinajstić information content (AvgIpc) is 3.10. The lowest BCUT2D eigenvalue weighted by Gasteiger charge is -2.20. The SMILES string of the molecule is c1cc2ccnc-2n(Cc2ccc3c(c2)Nc2nccnc2S3)c1. The second kappa shape index (κ2) is 5.35. The average molecular weight is 331 g/mol. The molecule has 0 amide bonds. The van der Waals surface area contributed by atoms with E-state index in [0.29, 0.717) is 0 Å². The number of benzene rings is 1. The van der Waals surface area contributed by atoms with E-state index in [0.717, 1.165) is 34.5 Å². The fourth-order valence-corrected chi connectivity index (χ4v) is 3.81. The van der Waals surface area contributed by atoms with E-state index in [-0.39, 0.29) is 0 Å². The highest BCUT2D eigenvalue weighted by molar-refractivity contribution is 7.99.